The minimum absolute atomic E-state index is 0.0435. The van der Waals surface area contributed by atoms with Crippen molar-refractivity contribution in [1.82, 2.24) is 19.9 Å². The van der Waals surface area contributed by atoms with Gasteiger partial charge in [0.1, 0.15) is 0 Å². The number of nitrogens with two attached hydrogens (primary N) is 2. The molecule has 4 rings (SSSR count). The summed E-state index contributed by atoms with van der Waals surface area (Å²) < 4.78 is 0. The lowest BCUT2D eigenvalue weighted by Gasteiger charge is -2.49. The van der Waals surface area contributed by atoms with Gasteiger partial charge in [0.05, 0.1) is 0 Å². The van der Waals surface area contributed by atoms with Crippen molar-refractivity contribution in [2.75, 3.05) is 0 Å². The van der Waals surface area contributed by atoms with Crippen LogP contribution in [0.2, 0.25) is 0 Å². The third-order valence-corrected chi connectivity index (χ3v) is 6.63. The highest BCUT2D eigenvalue weighted by molar-refractivity contribution is 5.23. The maximum absolute atomic E-state index is 7.45. The number of rotatable bonds is 10. The molecule has 0 saturated carbocycles. The van der Waals surface area contributed by atoms with E-state index in [0.29, 0.717) is 25.7 Å². The molecule has 0 spiro atoms. The summed E-state index contributed by atoms with van der Waals surface area (Å²) in [7, 11) is 0. The molecule has 0 saturated heterocycles. The average Bonchev–Trinajstić information content (AvgIpc) is 2.86. The summed E-state index contributed by atoms with van der Waals surface area (Å²) in [6, 6.07) is 23.7. The van der Waals surface area contributed by atoms with Gasteiger partial charge < -0.3 is 11.5 Å². The van der Waals surface area contributed by atoms with Gasteiger partial charge in [0.25, 0.3) is 0 Å². The van der Waals surface area contributed by atoms with Crippen LogP contribution >= 0.6 is 0 Å². The third-order valence-electron chi connectivity index (χ3n) is 6.63. The molecule has 4 heterocycles. The smallest absolute Gasteiger partial charge is 0.0430 e. The summed E-state index contributed by atoms with van der Waals surface area (Å²) in [5.41, 5.74) is 16.8. The summed E-state index contributed by atoms with van der Waals surface area (Å²) >= 11 is 0. The molecule has 0 aliphatic rings. The van der Waals surface area contributed by atoms with E-state index in [1.807, 2.05) is 92.1 Å². The standard InChI is InChI=1S/C28H32N6/c1-27(29,20-25-12-4-8-16-33-25)28(30,21-26-13-5-9-17-34-26)22(18-23-10-2-6-14-31-23)19-24-11-3-7-15-32-24/h2-17,22H,18-21,29-30H2,1H3. The lowest BCUT2D eigenvalue weighted by atomic mass is 9.63. The normalized spacial score (nSPS) is 14.9. The molecule has 0 fully saturated rings. The van der Waals surface area contributed by atoms with Gasteiger partial charge in [-0.3, -0.25) is 19.9 Å². The van der Waals surface area contributed by atoms with Crippen LogP contribution in [0.4, 0.5) is 0 Å². The Hall–Kier alpha value is -3.48. The minimum atomic E-state index is -0.825. The molecule has 6 nitrogen and oxygen atoms in total. The summed E-state index contributed by atoms with van der Waals surface area (Å²) in [6.45, 7) is 2.04. The first-order valence-electron chi connectivity index (χ1n) is 11.6. The molecule has 34 heavy (non-hydrogen) atoms. The second-order valence-electron chi connectivity index (χ2n) is 9.20. The second-order valence-corrected chi connectivity index (χ2v) is 9.20. The molecule has 0 bridgehead atoms. The van der Waals surface area contributed by atoms with Crippen molar-refractivity contribution in [2.45, 2.75) is 43.7 Å². The average molecular weight is 453 g/mol. The van der Waals surface area contributed by atoms with Gasteiger partial charge in [-0.05, 0) is 74.2 Å². The van der Waals surface area contributed by atoms with Crippen molar-refractivity contribution >= 4 is 0 Å². The van der Waals surface area contributed by atoms with Crippen molar-refractivity contribution in [3.63, 3.8) is 0 Å². The fourth-order valence-electron chi connectivity index (χ4n) is 4.64. The number of nitrogens with zero attached hydrogens (tertiary/aromatic N) is 4. The first-order chi connectivity index (χ1) is 16.5. The van der Waals surface area contributed by atoms with Gasteiger partial charge in [-0.15, -0.1) is 0 Å². The largest absolute Gasteiger partial charge is 0.323 e. The number of hydrogen-bond donors (Lipinski definition) is 2. The lowest BCUT2D eigenvalue weighted by Crippen LogP contribution is -2.71. The monoisotopic (exact) mass is 452 g/mol. The Bertz CT molecular complexity index is 1100. The third kappa shape index (κ3) is 5.71. The van der Waals surface area contributed by atoms with E-state index in [1.54, 1.807) is 12.4 Å². The van der Waals surface area contributed by atoms with Gasteiger partial charge in [0.15, 0.2) is 0 Å². The van der Waals surface area contributed by atoms with Crippen molar-refractivity contribution in [1.29, 1.82) is 0 Å². The number of hydrogen-bond acceptors (Lipinski definition) is 6. The van der Waals surface area contributed by atoms with Gasteiger partial charge in [-0.1, -0.05) is 24.3 Å². The highest BCUT2D eigenvalue weighted by atomic mass is 14.9. The Morgan fingerprint density at radius 1 is 0.588 bits per heavy atom. The Labute approximate surface area is 201 Å². The first kappa shape index (κ1) is 23.7. The topological polar surface area (TPSA) is 104 Å². The Balaban J connectivity index is 1.77. The fraction of sp³-hybridized carbons (Fsp3) is 0.286. The van der Waals surface area contributed by atoms with Crippen LogP contribution in [0, 0.1) is 5.92 Å². The van der Waals surface area contributed by atoms with Crippen LogP contribution in [0.25, 0.3) is 0 Å². The highest BCUT2D eigenvalue weighted by Crippen LogP contribution is 2.35. The predicted molar refractivity (Wildman–Crippen MR) is 135 cm³/mol. The Kier molecular flexibility index (Phi) is 7.40. The van der Waals surface area contributed by atoms with E-state index in [2.05, 4.69) is 19.9 Å². The highest BCUT2D eigenvalue weighted by Gasteiger charge is 2.48. The van der Waals surface area contributed by atoms with Crippen molar-refractivity contribution in [2.24, 2.45) is 17.4 Å². The van der Waals surface area contributed by atoms with Crippen LogP contribution in [0.1, 0.15) is 29.7 Å². The van der Waals surface area contributed by atoms with Gasteiger partial charge in [-0.2, -0.15) is 0 Å². The summed E-state index contributed by atoms with van der Waals surface area (Å²) in [6.07, 6.45) is 9.65. The zero-order valence-corrected chi connectivity index (χ0v) is 19.6. The minimum Gasteiger partial charge on any atom is -0.323 e. The molecular formula is C28H32N6. The van der Waals surface area contributed by atoms with E-state index in [9.17, 15) is 0 Å². The maximum Gasteiger partial charge on any atom is 0.0430 e. The molecule has 6 heteroatoms. The van der Waals surface area contributed by atoms with E-state index in [-0.39, 0.29) is 5.92 Å². The van der Waals surface area contributed by atoms with Crippen LogP contribution in [-0.4, -0.2) is 31.0 Å². The molecular weight excluding hydrogens is 420 g/mol. The SMILES string of the molecule is CC(N)(Cc1ccccn1)C(N)(Cc1ccccn1)C(Cc1ccccn1)Cc1ccccn1. The van der Waals surface area contributed by atoms with Gasteiger partial charge >= 0.3 is 0 Å². The molecule has 4 N–H and O–H groups in total. The molecule has 0 aliphatic heterocycles. The van der Waals surface area contributed by atoms with Crippen molar-refractivity contribution in [3.8, 4) is 0 Å². The van der Waals surface area contributed by atoms with Crippen LogP contribution < -0.4 is 11.5 Å². The van der Waals surface area contributed by atoms with E-state index < -0.39 is 11.1 Å². The number of aromatic nitrogens is 4. The summed E-state index contributed by atoms with van der Waals surface area (Å²) in [5.74, 6) is -0.0435. The van der Waals surface area contributed by atoms with Crippen LogP contribution in [0.15, 0.2) is 97.6 Å². The molecule has 4 aromatic heterocycles. The second kappa shape index (κ2) is 10.6. The molecule has 0 amide bonds. The van der Waals surface area contributed by atoms with Crippen molar-refractivity contribution in [3.05, 3.63) is 120 Å². The first-order valence-corrected chi connectivity index (χ1v) is 11.6. The van der Waals surface area contributed by atoms with Crippen LogP contribution in [0.5, 0.6) is 0 Å². The van der Waals surface area contributed by atoms with Crippen LogP contribution in [0.3, 0.4) is 0 Å². The molecule has 0 aliphatic carbocycles. The van der Waals surface area contributed by atoms with Gasteiger partial charge in [0, 0.05) is 71.5 Å². The van der Waals surface area contributed by atoms with E-state index in [1.165, 1.54) is 0 Å². The summed E-state index contributed by atoms with van der Waals surface area (Å²) in [4.78, 5) is 18.3. The van der Waals surface area contributed by atoms with E-state index in [4.69, 9.17) is 11.5 Å². The van der Waals surface area contributed by atoms with E-state index in [0.717, 1.165) is 22.8 Å². The van der Waals surface area contributed by atoms with E-state index >= 15 is 0 Å². The van der Waals surface area contributed by atoms with Gasteiger partial charge in [0.2, 0.25) is 0 Å². The zero-order chi connectivity index (χ0) is 23.9. The zero-order valence-electron chi connectivity index (χ0n) is 19.6. The molecule has 0 aromatic carbocycles. The molecule has 4 aromatic rings. The molecule has 174 valence electrons. The molecule has 2 unspecified atom stereocenters. The maximum atomic E-state index is 7.45. The number of pyridine rings is 4. The van der Waals surface area contributed by atoms with Gasteiger partial charge in [-0.25, -0.2) is 0 Å². The van der Waals surface area contributed by atoms with Crippen LogP contribution in [-0.2, 0) is 25.7 Å². The Morgan fingerprint density at radius 2 is 0.971 bits per heavy atom. The predicted octanol–water partition coefficient (Wildman–Crippen LogP) is 3.57. The molecule has 2 atom stereocenters. The molecule has 0 radical (unpaired) electrons. The Morgan fingerprint density at radius 3 is 1.35 bits per heavy atom. The quantitative estimate of drug-likeness (QED) is 0.381. The fourth-order valence-corrected chi connectivity index (χ4v) is 4.64. The lowest BCUT2D eigenvalue weighted by molar-refractivity contribution is 0.142. The van der Waals surface area contributed by atoms with Crippen molar-refractivity contribution < 1.29 is 0 Å². The summed E-state index contributed by atoms with van der Waals surface area (Å²) in [5, 5.41) is 0.